The summed E-state index contributed by atoms with van der Waals surface area (Å²) < 4.78 is 6.18. The summed E-state index contributed by atoms with van der Waals surface area (Å²) in [5.41, 5.74) is 0. The molecule has 0 radical (unpaired) electrons. The number of rotatable bonds is 6. The normalized spacial score (nSPS) is 16.3. The van der Waals surface area contributed by atoms with Crippen molar-refractivity contribution in [3.8, 4) is 0 Å². The number of carbonyl (C=O) groups is 2. The molecule has 0 spiro atoms. The monoisotopic (exact) mass is 385 g/mol. The van der Waals surface area contributed by atoms with Crippen LogP contribution in [0.15, 0.2) is 33.6 Å². The second-order valence-corrected chi connectivity index (χ2v) is 7.33. The summed E-state index contributed by atoms with van der Waals surface area (Å²) in [6.45, 7) is 1.62. The molecule has 6 heteroatoms. The Morgan fingerprint density at radius 1 is 1.32 bits per heavy atom. The predicted molar refractivity (Wildman–Crippen MR) is 90.8 cm³/mol. The second kappa shape index (κ2) is 8.58. The molecule has 0 heterocycles. The molecule has 1 amide bonds. The van der Waals surface area contributed by atoms with Gasteiger partial charge in [0.2, 0.25) is 0 Å². The van der Waals surface area contributed by atoms with E-state index in [1.54, 1.807) is 6.92 Å². The SMILES string of the molecule is C[C@H](OC(=O)CSc1ccc(Br)cc1)C(=O)NC1CCCC1. The van der Waals surface area contributed by atoms with E-state index in [-0.39, 0.29) is 23.7 Å². The molecule has 1 aromatic carbocycles. The van der Waals surface area contributed by atoms with Crippen LogP contribution in [0.4, 0.5) is 0 Å². The fourth-order valence-corrected chi connectivity index (χ4v) is 3.29. The van der Waals surface area contributed by atoms with Crippen LogP contribution in [0.3, 0.4) is 0 Å². The number of carbonyl (C=O) groups excluding carboxylic acids is 2. The number of thioether (sulfide) groups is 1. The molecule has 22 heavy (non-hydrogen) atoms. The highest BCUT2D eigenvalue weighted by molar-refractivity contribution is 9.10. The third kappa shape index (κ3) is 5.65. The number of halogens is 1. The Labute approximate surface area is 143 Å². The largest absolute Gasteiger partial charge is 0.452 e. The summed E-state index contributed by atoms with van der Waals surface area (Å²) in [6, 6.07) is 7.94. The third-order valence-corrected chi connectivity index (χ3v) is 5.06. The van der Waals surface area contributed by atoms with Crippen LogP contribution in [-0.2, 0) is 14.3 Å². The van der Waals surface area contributed by atoms with Crippen molar-refractivity contribution in [2.45, 2.75) is 49.6 Å². The topological polar surface area (TPSA) is 55.4 Å². The lowest BCUT2D eigenvalue weighted by Gasteiger charge is -2.17. The molecule has 1 aromatic rings. The zero-order valence-electron chi connectivity index (χ0n) is 12.5. The van der Waals surface area contributed by atoms with E-state index >= 15 is 0 Å². The molecule has 0 aromatic heterocycles. The van der Waals surface area contributed by atoms with Gasteiger partial charge in [0, 0.05) is 15.4 Å². The molecular weight excluding hydrogens is 366 g/mol. The summed E-state index contributed by atoms with van der Waals surface area (Å²) >= 11 is 4.76. The van der Waals surface area contributed by atoms with Gasteiger partial charge in [-0.05, 0) is 44.0 Å². The molecule has 0 aliphatic heterocycles. The van der Waals surface area contributed by atoms with Crippen LogP contribution < -0.4 is 5.32 Å². The van der Waals surface area contributed by atoms with Crippen molar-refractivity contribution in [3.05, 3.63) is 28.7 Å². The van der Waals surface area contributed by atoms with E-state index in [1.807, 2.05) is 24.3 Å². The smallest absolute Gasteiger partial charge is 0.317 e. The quantitative estimate of drug-likeness (QED) is 0.600. The molecule has 1 saturated carbocycles. The average Bonchev–Trinajstić information content (AvgIpc) is 2.99. The number of benzene rings is 1. The summed E-state index contributed by atoms with van der Waals surface area (Å²) in [6.07, 6.45) is 3.61. The summed E-state index contributed by atoms with van der Waals surface area (Å²) in [7, 11) is 0. The Bertz CT molecular complexity index is 515. The van der Waals surface area contributed by atoms with Crippen LogP contribution in [0.2, 0.25) is 0 Å². The van der Waals surface area contributed by atoms with Gasteiger partial charge in [-0.3, -0.25) is 9.59 Å². The first-order chi connectivity index (χ1) is 10.5. The number of ether oxygens (including phenoxy) is 1. The zero-order valence-corrected chi connectivity index (χ0v) is 14.9. The first-order valence-electron chi connectivity index (χ1n) is 7.43. The lowest BCUT2D eigenvalue weighted by Crippen LogP contribution is -2.41. The lowest BCUT2D eigenvalue weighted by atomic mass is 10.2. The van der Waals surface area contributed by atoms with Crippen molar-refractivity contribution in [1.29, 1.82) is 0 Å². The Morgan fingerprint density at radius 3 is 2.59 bits per heavy atom. The van der Waals surface area contributed by atoms with E-state index in [1.165, 1.54) is 11.8 Å². The molecule has 1 fully saturated rings. The van der Waals surface area contributed by atoms with Crippen molar-refractivity contribution in [1.82, 2.24) is 5.32 Å². The number of amides is 1. The average molecular weight is 386 g/mol. The molecule has 1 aliphatic rings. The van der Waals surface area contributed by atoms with Crippen LogP contribution in [0.25, 0.3) is 0 Å². The van der Waals surface area contributed by atoms with Gasteiger partial charge in [-0.25, -0.2) is 0 Å². The summed E-state index contributed by atoms with van der Waals surface area (Å²) in [5, 5.41) is 2.94. The first kappa shape index (κ1) is 17.3. The van der Waals surface area contributed by atoms with Crippen molar-refractivity contribution < 1.29 is 14.3 Å². The highest BCUT2D eigenvalue weighted by Gasteiger charge is 2.22. The van der Waals surface area contributed by atoms with Crippen LogP contribution in [0.1, 0.15) is 32.6 Å². The van der Waals surface area contributed by atoms with E-state index in [9.17, 15) is 9.59 Å². The van der Waals surface area contributed by atoms with Crippen molar-refractivity contribution in [2.75, 3.05) is 5.75 Å². The molecule has 0 bridgehead atoms. The van der Waals surface area contributed by atoms with E-state index < -0.39 is 6.10 Å². The van der Waals surface area contributed by atoms with Gasteiger partial charge in [0.05, 0.1) is 5.75 Å². The number of esters is 1. The van der Waals surface area contributed by atoms with Gasteiger partial charge in [-0.15, -0.1) is 11.8 Å². The van der Waals surface area contributed by atoms with Crippen LogP contribution in [-0.4, -0.2) is 29.8 Å². The minimum Gasteiger partial charge on any atom is -0.452 e. The maximum atomic E-state index is 11.9. The maximum absolute atomic E-state index is 11.9. The minimum absolute atomic E-state index is 0.197. The molecule has 1 N–H and O–H groups in total. The van der Waals surface area contributed by atoms with Crippen LogP contribution in [0, 0.1) is 0 Å². The van der Waals surface area contributed by atoms with Crippen LogP contribution in [0.5, 0.6) is 0 Å². The highest BCUT2D eigenvalue weighted by Crippen LogP contribution is 2.21. The van der Waals surface area contributed by atoms with Crippen molar-refractivity contribution in [3.63, 3.8) is 0 Å². The first-order valence-corrected chi connectivity index (χ1v) is 9.20. The van der Waals surface area contributed by atoms with Crippen LogP contribution >= 0.6 is 27.7 Å². The van der Waals surface area contributed by atoms with Gasteiger partial charge in [-0.1, -0.05) is 28.8 Å². The van der Waals surface area contributed by atoms with Crippen molar-refractivity contribution >= 4 is 39.6 Å². The molecule has 0 unspecified atom stereocenters. The number of nitrogens with one attached hydrogen (secondary N) is 1. The minimum atomic E-state index is -0.737. The van der Waals surface area contributed by atoms with E-state index in [0.717, 1.165) is 35.1 Å². The molecule has 2 rings (SSSR count). The van der Waals surface area contributed by atoms with E-state index in [2.05, 4.69) is 21.2 Å². The second-order valence-electron chi connectivity index (χ2n) is 5.36. The van der Waals surface area contributed by atoms with Gasteiger partial charge in [0.1, 0.15) is 0 Å². The Hall–Kier alpha value is -1.01. The third-order valence-electron chi connectivity index (χ3n) is 3.55. The lowest BCUT2D eigenvalue weighted by molar-refractivity contribution is -0.152. The molecule has 4 nitrogen and oxygen atoms in total. The Balaban J connectivity index is 1.71. The fraction of sp³-hybridized carbons (Fsp3) is 0.500. The Morgan fingerprint density at radius 2 is 1.95 bits per heavy atom. The molecule has 0 saturated heterocycles. The van der Waals surface area contributed by atoms with Crippen molar-refractivity contribution in [2.24, 2.45) is 0 Å². The molecule has 120 valence electrons. The fourth-order valence-electron chi connectivity index (χ4n) is 2.35. The Kier molecular flexibility index (Phi) is 6.76. The standard InChI is InChI=1S/C16H20BrNO3S/c1-11(16(20)18-13-4-2-3-5-13)21-15(19)10-22-14-8-6-12(17)7-9-14/h6-9,11,13H,2-5,10H2,1H3,(H,18,20)/t11-/m0/s1. The van der Waals surface area contributed by atoms with Gasteiger partial charge in [0.25, 0.3) is 5.91 Å². The highest BCUT2D eigenvalue weighted by atomic mass is 79.9. The van der Waals surface area contributed by atoms with Gasteiger partial charge in [-0.2, -0.15) is 0 Å². The number of hydrogen-bond acceptors (Lipinski definition) is 4. The molecule has 1 aliphatic carbocycles. The summed E-state index contributed by atoms with van der Waals surface area (Å²) in [4.78, 5) is 24.7. The molecular formula is C16H20BrNO3S. The van der Waals surface area contributed by atoms with Gasteiger partial charge < -0.3 is 10.1 Å². The summed E-state index contributed by atoms with van der Waals surface area (Å²) in [5.74, 6) is -0.376. The van der Waals surface area contributed by atoms with Gasteiger partial charge in [0.15, 0.2) is 6.10 Å². The zero-order chi connectivity index (χ0) is 15.9. The van der Waals surface area contributed by atoms with E-state index in [4.69, 9.17) is 4.74 Å². The maximum Gasteiger partial charge on any atom is 0.317 e. The predicted octanol–water partition coefficient (Wildman–Crippen LogP) is 3.53. The molecule has 1 atom stereocenters. The number of hydrogen-bond donors (Lipinski definition) is 1. The van der Waals surface area contributed by atoms with E-state index in [0.29, 0.717) is 0 Å². The van der Waals surface area contributed by atoms with Gasteiger partial charge >= 0.3 is 5.97 Å².